The van der Waals surface area contributed by atoms with Crippen molar-refractivity contribution in [2.24, 2.45) is 0 Å². The molecule has 1 aromatic carbocycles. The third kappa shape index (κ3) is 3.27. The summed E-state index contributed by atoms with van der Waals surface area (Å²) >= 11 is 0. The Morgan fingerprint density at radius 1 is 1.33 bits per heavy atom. The van der Waals surface area contributed by atoms with E-state index >= 15 is 0 Å². The van der Waals surface area contributed by atoms with E-state index in [1.807, 2.05) is 6.07 Å². The molecule has 0 N–H and O–H groups in total. The van der Waals surface area contributed by atoms with Gasteiger partial charge in [0.1, 0.15) is 0 Å². The van der Waals surface area contributed by atoms with E-state index in [4.69, 9.17) is 0 Å². The predicted molar refractivity (Wildman–Crippen MR) is 55.7 cm³/mol. The molecule has 15 heavy (non-hydrogen) atoms. The fourth-order valence-corrected chi connectivity index (χ4v) is 1.31. The van der Waals surface area contributed by atoms with Crippen LogP contribution in [0, 0.1) is 0 Å². The van der Waals surface area contributed by atoms with Gasteiger partial charge in [-0.3, -0.25) is 4.79 Å². The van der Waals surface area contributed by atoms with Gasteiger partial charge >= 0.3 is 5.92 Å². The molecule has 0 aliphatic carbocycles. The number of rotatable bonds is 4. The van der Waals surface area contributed by atoms with Crippen molar-refractivity contribution in [3.63, 3.8) is 0 Å². The number of benzene rings is 1. The molecule has 80 valence electrons. The van der Waals surface area contributed by atoms with Gasteiger partial charge in [-0.2, -0.15) is 8.78 Å². The quantitative estimate of drug-likeness (QED) is 0.697. The molecule has 0 aromatic heterocycles. The van der Waals surface area contributed by atoms with E-state index in [-0.39, 0.29) is 6.29 Å². The maximum absolute atomic E-state index is 12.8. The highest BCUT2D eigenvalue weighted by Gasteiger charge is 2.25. The Morgan fingerprint density at radius 3 is 2.40 bits per heavy atom. The molecule has 1 nitrogen and oxygen atoms in total. The summed E-state index contributed by atoms with van der Waals surface area (Å²) in [5.41, 5.74) is 1.20. The van der Waals surface area contributed by atoms with Gasteiger partial charge < -0.3 is 0 Å². The predicted octanol–water partition coefficient (Wildman–Crippen LogP) is 3.31. The lowest BCUT2D eigenvalue weighted by molar-refractivity contribution is -0.123. The Morgan fingerprint density at radius 2 is 1.93 bits per heavy atom. The first-order valence-electron chi connectivity index (χ1n) is 4.70. The maximum Gasteiger partial charge on any atom is 0.321 e. The van der Waals surface area contributed by atoms with Crippen LogP contribution in [0.1, 0.15) is 18.9 Å². The van der Waals surface area contributed by atoms with Gasteiger partial charge in [-0.05, 0) is 23.6 Å². The smallest absolute Gasteiger partial charge is 0.296 e. The van der Waals surface area contributed by atoms with Gasteiger partial charge in [0.25, 0.3) is 0 Å². The molecule has 0 bridgehead atoms. The molecule has 0 amide bonds. The molecule has 0 fully saturated rings. The van der Waals surface area contributed by atoms with E-state index in [9.17, 15) is 13.6 Å². The fraction of sp³-hybridized carbons (Fsp3) is 0.250. The third-order valence-electron chi connectivity index (χ3n) is 2.05. The molecule has 1 rings (SSSR count). The zero-order chi connectivity index (χ0) is 11.3. The zero-order valence-electron chi connectivity index (χ0n) is 8.41. The normalized spacial score (nSPS) is 12.6. The summed E-state index contributed by atoms with van der Waals surface area (Å²) in [6.07, 6.45) is 0.842. The minimum atomic E-state index is -3.37. The average Bonchev–Trinajstić information content (AvgIpc) is 2.27. The van der Waals surface area contributed by atoms with Gasteiger partial charge in [-0.15, -0.1) is 0 Å². The summed E-state index contributed by atoms with van der Waals surface area (Å²) in [4.78, 5) is 10.1. The lowest BCUT2D eigenvalue weighted by Crippen LogP contribution is -2.14. The van der Waals surface area contributed by atoms with Gasteiger partial charge in [0.15, 0.2) is 6.29 Å². The molecule has 0 saturated carbocycles. The lowest BCUT2D eigenvalue weighted by Gasteiger charge is -2.08. The van der Waals surface area contributed by atoms with Crippen molar-refractivity contribution in [3.05, 3.63) is 42.0 Å². The summed E-state index contributed by atoms with van der Waals surface area (Å²) in [5, 5.41) is 0. The Kier molecular flexibility index (Phi) is 3.72. The van der Waals surface area contributed by atoms with Crippen LogP contribution in [0.15, 0.2) is 36.4 Å². The molecule has 0 atom stereocenters. The summed E-state index contributed by atoms with van der Waals surface area (Å²) < 4.78 is 25.7. The highest BCUT2D eigenvalue weighted by atomic mass is 19.3. The molecule has 0 aliphatic rings. The monoisotopic (exact) mass is 210 g/mol. The van der Waals surface area contributed by atoms with Crippen molar-refractivity contribution >= 4 is 11.9 Å². The molecule has 0 aliphatic heterocycles. The summed E-state index contributed by atoms with van der Waals surface area (Å²) in [7, 11) is 0. The third-order valence-corrected chi connectivity index (χ3v) is 2.05. The van der Waals surface area contributed by atoms with Gasteiger partial charge in [0.2, 0.25) is 0 Å². The van der Waals surface area contributed by atoms with Gasteiger partial charge in [-0.1, -0.05) is 37.3 Å². The standard InChI is InChI=1S/C12H12F2O/c1-2-10(8-12(13,14)9-15)11-6-4-3-5-7-11/h3-9H,2H2,1H3/b10-8+. The highest BCUT2D eigenvalue weighted by molar-refractivity contribution is 5.73. The minimum Gasteiger partial charge on any atom is -0.296 e. The van der Waals surface area contributed by atoms with Crippen molar-refractivity contribution in [2.45, 2.75) is 19.3 Å². The number of carbonyl (C=O) groups is 1. The second kappa shape index (κ2) is 4.82. The van der Waals surface area contributed by atoms with Crippen LogP contribution in [-0.4, -0.2) is 12.2 Å². The first kappa shape index (κ1) is 11.6. The lowest BCUT2D eigenvalue weighted by atomic mass is 10.0. The van der Waals surface area contributed by atoms with E-state index in [1.165, 1.54) is 0 Å². The van der Waals surface area contributed by atoms with Crippen LogP contribution >= 0.6 is 0 Å². The van der Waals surface area contributed by atoms with Crippen molar-refractivity contribution in [2.75, 3.05) is 0 Å². The van der Waals surface area contributed by atoms with Crippen LogP contribution in [0.4, 0.5) is 8.78 Å². The van der Waals surface area contributed by atoms with Crippen LogP contribution < -0.4 is 0 Å². The molecular weight excluding hydrogens is 198 g/mol. The largest absolute Gasteiger partial charge is 0.321 e. The average molecular weight is 210 g/mol. The molecule has 0 unspecified atom stereocenters. The summed E-state index contributed by atoms with van der Waals surface area (Å²) in [6, 6.07) is 8.86. The van der Waals surface area contributed by atoms with E-state index in [0.717, 1.165) is 11.6 Å². The minimum absolute atomic E-state index is 0.342. The Balaban J connectivity index is 3.05. The number of carbonyl (C=O) groups excluding carboxylic acids is 1. The molecule has 0 saturated heterocycles. The van der Waals surface area contributed by atoms with E-state index < -0.39 is 5.92 Å². The van der Waals surface area contributed by atoms with E-state index in [0.29, 0.717) is 12.0 Å². The number of hydrogen-bond donors (Lipinski definition) is 0. The van der Waals surface area contributed by atoms with Crippen molar-refractivity contribution < 1.29 is 13.6 Å². The number of halogens is 2. The van der Waals surface area contributed by atoms with Gasteiger partial charge in [0.05, 0.1) is 0 Å². The molecule has 3 heteroatoms. The molecule has 0 spiro atoms. The number of hydrogen-bond acceptors (Lipinski definition) is 1. The summed E-state index contributed by atoms with van der Waals surface area (Å²) in [6.45, 7) is 1.78. The van der Waals surface area contributed by atoms with Crippen LogP contribution in [0.3, 0.4) is 0 Å². The summed E-state index contributed by atoms with van der Waals surface area (Å²) in [5.74, 6) is -3.37. The highest BCUT2D eigenvalue weighted by Crippen LogP contribution is 2.23. The Bertz CT molecular complexity index is 355. The maximum atomic E-state index is 12.8. The van der Waals surface area contributed by atoms with Crippen LogP contribution in [0.25, 0.3) is 5.57 Å². The Labute approximate surface area is 87.4 Å². The topological polar surface area (TPSA) is 17.1 Å². The first-order chi connectivity index (χ1) is 7.09. The van der Waals surface area contributed by atoms with E-state index in [2.05, 4.69) is 0 Å². The van der Waals surface area contributed by atoms with Crippen LogP contribution in [0.5, 0.6) is 0 Å². The molecular formula is C12H12F2O. The molecule has 0 radical (unpaired) electrons. The van der Waals surface area contributed by atoms with Crippen LogP contribution in [0.2, 0.25) is 0 Å². The van der Waals surface area contributed by atoms with Gasteiger partial charge in [0, 0.05) is 0 Å². The van der Waals surface area contributed by atoms with Crippen molar-refractivity contribution in [1.29, 1.82) is 0 Å². The number of alkyl halides is 2. The molecule has 1 aromatic rings. The number of allylic oxidation sites excluding steroid dienone is 2. The second-order valence-electron chi connectivity index (χ2n) is 3.18. The van der Waals surface area contributed by atoms with E-state index in [1.54, 1.807) is 31.2 Å². The first-order valence-corrected chi connectivity index (χ1v) is 4.70. The number of aldehydes is 1. The van der Waals surface area contributed by atoms with Crippen molar-refractivity contribution in [3.8, 4) is 0 Å². The Hall–Kier alpha value is -1.51. The molecule has 0 heterocycles. The van der Waals surface area contributed by atoms with Gasteiger partial charge in [-0.25, -0.2) is 0 Å². The second-order valence-corrected chi connectivity index (χ2v) is 3.18. The van der Waals surface area contributed by atoms with Crippen molar-refractivity contribution in [1.82, 2.24) is 0 Å². The zero-order valence-corrected chi connectivity index (χ0v) is 8.41. The SMILES string of the molecule is CC/C(=C\C(F)(F)C=O)c1ccccc1. The van der Waals surface area contributed by atoms with Crippen LogP contribution in [-0.2, 0) is 4.79 Å². The fourth-order valence-electron chi connectivity index (χ4n) is 1.31.